The third-order valence-electron chi connectivity index (χ3n) is 5.40. The van der Waals surface area contributed by atoms with Crippen LogP contribution in [0.15, 0.2) is 36.7 Å². The molecule has 162 valence electrons. The van der Waals surface area contributed by atoms with Crippen LogP contribution in [0.1, 0.15) is 36.5 Å². The van der Waals surface area contributed by atoms with Crippen LogP contribution in [-0.4, -0.2) is 40.4 Å². The van der Waals surface area contributed by atoms with Crippen LogP contribution in [-0.2, 0) is 9.59 Å². The van der Waals surface area contributed by atoms with Crippen molar-refractivity contribution in [2.24, 2.45) is 0 Å². The second-order valence-corrected chi connectivity index (χ2v) is 8.51. The number of nitrogens with zero attached hydrogens (tertiary/aromatic N) is 1. The Labute approximate surface area is 182 Å². The van der Waals surface area contributed by atoms with Crippen molar-refractivity contribution in [3.8, 4) is 5.75 Å². The van der Waals surface area contributed by atoms with Crippen LogP contribution in [0.25, 0.3) is 0 Å². The molecule has 3 fully saturated rings. The number of hydrogen-bond acceptors (Lipinski definition) is 5. The molecular weight excluding hydrogens is 427 g/mol. The fourth-order valence-electron chi connectivity index (χ4n) is 4.25. The number of nitrogens with one attached hydrogen (secondary N) is 3. The molecule has 3 amide bonds. The molecule has 5 rings (SSSR count). The van der Waals surface area contributed by atoms with Crippen molar-refractivity contribution in [3.05, 3.63) is 53.1 Å². The number of amides is 3. The van der Waals surface area contributed by atoms with Crippen LogP contribution in [0.2, 0.25) is 5.02 Å². The molecule has 3 N–H and O–H groups in total. The number of aromatic nitrogens is 1. The van der Waals surface area contributed by atoms with Crippen LogP contribution >= 0.6 is 11.6 Å². The fourth-order valence-corrected chi connectivity index (χ4v) is 4.37. The van der Waals surface area contributed by atoms with Crippen molar-refractivity contribution < 1.29 is 23.5 Å². The normalized spacial score (nSPS) is 23.1. The van der Waals surface area contributed by atoms with Gasteiger partial charge in [-0.2, -0.15) is 0 Å². The van der Waals surface area contributed by atoms with E-state index in [1.807, 2.05) is 0 Å². The van der Waals surface area contributed by atoms with Gasteiger partial charge >= 0.3 is 0 Å². The van der Waals surface area contributed by atoms with Gasteiger partial charge in [0, 0.05) is 30.3 Å². The predicted octanol–water partition coefficient (Wildman–Crippen LogP) is 2.43. The van der Waals surface area contributed by atoms with Crippen molar-refractivity contribution >= 4 is 35.0 Å². The minimum Gasteiger partial charge on any atom is -0.484 e. The van der Waals surface area contributed by atoms with Crippen molar-refractivity contribution in [2.45, 2.75) is 37.3 Å². The Kier molecular flexibility index (Phi) is 5.30. The summed E-state index contributed by atoms with van der Waals surface area (Å²) in [6, 6.07) is 5.53. The number of ether oxygens (including phenoxy) is 1. The van der Waals surface area contributed by atoms with Crippen LogP contribution < -0.4 is 20.7 Å². The van der Waals surface area contributed by atoms with Crippen molar-refractivity contribution in [1.82, 2.24) is 15.6 Å². The summed E-state index contributed by atoms with van der Waals surface area (Å²) in [5.41, 5.74) is 0.0868. The Hall–Kier alpha value is -3.20. The van der Waals surface area contributed by atoms with Crippen LogP contribution in [0.4, 0.5) is 10.1 Å². The molecule has 3 aliphatic carbocycles. The van der Waals surface area contributed by atoms with Gasteiger partial charge in [-0.15, -0.1) is 0 Å². The Morgan fingerprint density at radius 2 is 1.84 bits per heavy atom. The molecule has 0 unspecified atom stereocenters. The highest BCUT2D eigenvalue weighted by Gasteiger charge is 2.69. The third-order valence-corrected chi connectivity index (χ3v) is 5.70. The van der Waals surface area contributed by atoms with E-state index in [1.165, 1.54) is 31.5 Å². The van der Waals surface area contributed by atoms with Crippen LogP contribution in [0, 0.1) is 5.82 Å². The van der Waals surface area contributed by atoms with E-state index in [9.17, 15) is 18.8 Å². The second kappa shape index (κ2) is 7.81. The maximum Gasteiger partial charge on any atom is 0.258 e. The van der Waals surface area contributed by atoms with Gasteiger partial charge < -0.3 is 20.7 Å². The molecule has 10 heteroatoms. The van der Waals surface area contributed by atoms with Gasteiger partial charge in [-0.3, -0.25) is 19.4 Å². The summed E-state index contributed by atoms with van der Waals surface area (Å²) < 4.78 is 18.7. The lowest BCUT2D eigenvalue weighted by molar-refractivity contribution is -0.141. The quantitative estimate of drug-likeness (QED) is 0.605. The summed E-state index contributed by atoms with van der Waals surface area (Å²) in [5.74, 6) is -1.25. The van der Waals surface area contributed by atoms with E-state index in [0.717, 1.165) is 6.07 Å². The Balaban J connectivity index is 1.25. The molecule has 1 aromatic heterocycles. The standard InChI is InChI=1S/C21H20ClFN4O4/c1-12(28)25-14-4-13(6-24-7-14)19(30)27-21-9-20(10-21,11-21)26-18(29)8-31-15-2-3-16(22)17(23)5-15/h2-7H,8-11H2,1H3,(H,25,28)(H,26,29)(H,27,30). The summed E-state index contributed by atoms with van der Waals surface area (Å²) in [6.45, 7) is 1.13. The molecule has 0 aliphatic heterocycles. The average molecular weight is 447 g/mol. The lowest BCUT2D eigenvalue weighted by atomic mass is 9.44. The minimum atomic E-state index is -0.616. The van der Waals surface area contributed by atoms with Gasteiger partial charge in [-0.25, -0.2) is 4.39 Å². The average Bonchev–Trinajstić information content (AvgIpc) is 2.66. The lowest BCUT2D eigenvalue weighted by Crippen LogP contribution is -2.84. The molecule has 8 nitrogen and oxygen atoms in total. The van der Waals surface area contributed by atoms with E-state index in [-0.39, 0.29) is 46.2 Å². The number of halogens is 2. The molecular formula is C21H20ClFN4O4. The summed E-state index contributed by atoms with van der Waals surface area (Å²) in [7, 11) is 0. The molecule has 3 saturated carbocycles. The maximum absolute atomic E-state index is 13.4. The van der Waals surface area contributed by atoms with Crippen LogP contribution in [0.5, 0.6) is 5.75 Å². The van der Waals surface area contributed by atoms with Crippen molar-refractivity contribution in [2.75, 3.05) is 11.9 Å². The summed E-state index contributed by atoms with van der Waals surface area (Å²) >= 11 is 5.62. The summed E-state index contributed by atoms with van der Waals surface area (Å²) in [4.78, 5) is 39.9. The zero-order valence-corrected chi connectivity index (χ0v) is 17.4. The van der Waals surface area contributed by atoms with Gasteiger partial charge in [0.25, 0.3) is 11.8 Å². The Bertz CT molecular complexity index is 1060. The largest absolute Gasteiger partial charge is 0.484 e. The molecule has 1 heterocycles. The zero-order chi connectivity index (χ0) is 22.2. The van der Waals surface area contributed by atoms with Gasteiger partial charge in [-0.05, 0) is 37.5 Å². The number of carbonyl (C=O) groups is 3. The highest BCUT2D eigenvalue weighted by molar-refractivity contribution is 6.30. The predicted molar refractivity (Wildman–Crippen MR) is 110 cm³/mol. The van der Waals surface area contributed by atoms with E-state index in [2.05, 4.69) is 20.9 Å². The van der Waals surface area contributed by atoms with E-state index in [0.29, 0.717) is 30.5 Å². The first kappa shape index (κ1) is 21.0. The zero-order valence-electron chi connectivity index (χ0n) is 16.6. The highest BCUT2D eigenvalue weighted by atomic mass is 35.5. The smallest absolute Gasteiger partial charge is 0.258 e. The first-order valence-corrected chi connectivity index (χ1v) is 10.00. The number of rotatable bonds is 7. The molecule has 0 saturated heterocycles. The lowest BCUT2D eigenvalue weighted by Gasteiger charge is -2.70. The number of benzene rings is 1. The third kappa shape index (κ3) is 4.46. The van der Waals surface area contributed by atoms with Gasteiger partial charge in [0.05, 0.1) is 22.5 Å². The molecule has 0 atom stereocenters. The number of carbonyl (C=O) groups excluding carboxylic acids is 3. The maximum atomic E-state index is 13.4. The van der Waals surface area contributed by atoms with E-state index in [1.54, 1.807) is 6.07 Å². The number of pyridine rings is 1. The first-order valence-electron chi connectivity index (χ1n) is 9.62. The van der Waals surface area contributed by atoms with E-state index in [4.69, 9.17) is 16.3 Å². The fraction of sp³-hybridized carbons (Fsp3) is 0.333. The first-order chi connectivity index (χ1) is 14.7. The second-order valence-electron chi connectivity index (χ2n) is 8.10. The van der Waals surface area contributed by atoms with Gasteiger partial charge in [-0.1, -0.05) is 11.6 Å². The molecule has 0 radical (unpaired) electrons. The SMILES string of the molecule is CC(=O)Nc1cncc(C(=O)NC23CC(NC(=O)COc4ccc(Cl)c(F)c4)(C2)C3)c1. The molecule has 0 spiro atoms. The van der Waals surface area contributed by atoms with Gasteiger partial charge in [0.15, 0.2) is 6.61 Å². The van der Waals surface area contributed by atoms with Gasteiger partial charge in [0.2, 0.25) is 5.91 Å². The molecule has 2 bridgehead atoms. The molecule has 3 aliphatic rings. The number of hydrogen-bond donors (Lipinski definition) is 3. The van der Waals surface area contributed by atoms with Crippen LogP contribution in [0.3, 0.4) is 0 Å². The van der Waals surface area contributed by atoms with Gasteiger partial charge in [0.1, 0.15) is 11.6 Å². The molecule has 1 aromatic carbocycles. The summed E-state index contributed by atoms with van der Waals surface area (Å²) in [5, 5.41) is 8.49. The Morgan fingerprint density at radius 1 is 1.13 bits per heavy atom. The van der Waals surface area contributed by atoms with Crippen molar-refractivity contribution in [1.29, 1.82) is 0 Å². The topological polar surface area (TPSA) is 109 Å². The Morgan fingerprint density at radius 3 is 2.52 bits per heavy atom. The molecule has 2 aromatic rings. The summed E-state index contributed by atoms with van der Waals surface area (Å²) in [6.07, 6.45) is 4.74. The highest BCUT2D eigenvalue weighted by Crippen LogP contribution is 2.60. The van der Waals surface area contributed by atoms with Crippen molar-refractivity contribution in [3.63, 3.8) is 0 Å². The molecule has 31 heavy (non-hydrogen) atoms. The van der Waals surface area contributed by atoms with E-state index < -0.39 is 5.82 Å². The van der Waals surface area contributed by atoms with E-state index >= 15 is 0 Å². The number of anilines is 1. The minimum absolute atomic E-state index is 0.0179. The monoisotopic (exact) mass is 446 g/mol.